The molecule has 0 fully saturated rings. The van der Waals surface area contributed by atoms with Gasteiger partial charge in [-0.2, -0.15) is 0 Å². The lowest BCUT2D eigenvalue weighted by Gasteiger charge is -2.20. The highest BCUT2D eigenvalue weighted by atomic mass is 16.1. The predicted octanol–water partition coefficient (Wildman–Crippen LogP) is 2.85. The van der Waals surface area contributed by atoms with Crippen LogP contribution in [0.4, 0.5) is 5.69 Å². The number of nitrogens with two attached hydrogens (primary N) is 1. The van der Waals surface area contributed by atoms with E-state index in [0.29, 0.717) is 19.5 Å². The van der Waals surface area contributed by atoms with Crippen LogP contribution < -0.4 is 20.5 Å². The van der Waals surface area contributed by atoms with Crippen molar-refractivity contribution in [2.45, 2.75) is 33.2 Å². The largest absolute Gasteiger partial charge is 0.372 e. The molecular weight excluding hydrogens is 348 g/mol. The van der Waals surface area contributed by atoms with E-state index in [1.807, 2.05) is 0 Å². The summed E-state index contributed by atoms with van der Waals surface area (Å²) in [5.74, 6) is 0.0672. The summed E-state index contributed by atoms with van der Waals surface area (Å²) in [6, 6.07) is 12.8. The van der Waals surface area contributed by atoms with Crippen LogP contribution in [0, 0.1) is 0 Å². The maximum atomic E-state index is 11.6. The maximum absolute atomic E-state index is 11.6. The van der Waals surface area contributed by atoms with E-state index in [1.165, 1.54) is 11.3 Å². The third-order valence-electron chi connectivity index (χ3n) is 4.69. The molecule has 1 heterocycles. The number of aromatic nitrogens is 1. The number of amides is 1. The van der Waals surface area contributed by atoms with Gasteiger partial charge in [-0.1, -0.05) is 24.3 Å². The lowest BCUT2D eigenvalue weighted by atomic mass is 10.1. The average Bonchev–Trinajstić information content (AvgIpc) is 2.73. The Bertz CT molecular complexity index is 734. The first-order chi connectivity index (χ1) is 13.7. The zero-order chi connectivity index (χ0) is 20.2. The number of pyridine rings is 1. The Morgan fingerprint density at radius 1 is 1.04 bits per heavy atom. The van der Waals surface area contributed by atoms with E-state index in [4.69, 9.17) is 5.73 Å². The van der Waals surface area contributed by atoms with Crippen molar-refractivity contribution in [2.24, 2.45) is 5.73 Å². The molecule has 0 radical (unpaired) electrons. The summed E-state index contributed by atoms with van der Waals surface area (Å²) in [6.45, 7) is 8.25. The zero-order valence-corrected chi connectivity index (χ0v) is 17.1. The zero-order valence-electron chi connectivity index (χ0n) is 17.1. The maximum Gasteiger partial charge on any atom is 0.220 e. The predicted molar refractivity (Wildman–Crippen MR) is 117 cm³/mol. The second kappa shape index (κ2) is 11.9. The highest BCUT2D eigenvalue weighted by molar-refractivity contribution is 5.75. The average molecular weight is 382 g/mol. The van der Waals surface area contributed by atoms with Gasteiger partial charge in [0.25, 0.3) is 0 Å². The first-order valence-electron chi connectivity index (χ1n) is 10.1. The van der Waals surface area contributed by atoms with Crippen molar-refractivity contribution < 1.29 is 9.36 Å². The molecule has 0 saturated heterocycles. The summed E-state index contributed by atoms with van der Waals surface area (Å²) in [5, 5.41) is 2.79. The van der Waals surface area contributed by atoms with Gasteiger partial charge in [-0.05, 0) is 37.1 Å². The fourth-order valence-electron chi connectivity index (χ4n) is 3.03. The quantitative estimate of drug-likeness (QED) is 0.589. The Kier molecular flexibility index (Phi) is 9.22. The fourth-order valence-corrected chi connectivity index (χ4v) is 3.03. The highest BCUT2D eigenvalue weighted by Crippen LogP contribution is 2.16. The molecule has 1 aromatic carbocycles. The molecule has 1 aromatic heterocycles. The molecule has 2 aromatic rings. The van der Waals surface area contributed by atoms with Crippen molar-refractivity contribution in [1.29, 1.82) is 0 Å². The molecule has 5 heteroatoms. The number of nitrogens with one attached hydrogen (secondary N) is 1. The molecule has 0 aliphatic rings. The topological polar surface area (TPSA) is 62.2 Å². The van der Waals surface area contributed by atoms with Crippen LogP contribution >= 0.6 is 0 Å². The Hall–Kier alpha value is -2.66. The van der Waals surface area contributed by atoms with Gasteiger partial charge in [-0.3, -0.25) is 4.79 Å². The molecule has 0 unspecified atom stereocenters. The van der Waals surface area contributed by atoms with Crippen molar-refractivity contribution >= 4 is 23.7 Å². The first kappa shape index (κ1) is 21.6. The molecule has 5 nitrogen and oxygen atoms in total. The number of carbonyl (C=O) groups is 1. The van der Waals surface area contributed by atoms with Crippen LogP contribution in [0.1, 0.15) is 37.8 Å². The summed E-state index contributed by atoms with van der Waals surface area (Å²) in [4.78, 5) is 13.9. The van der Waals surface area contributed by atoms with Crippen LogP contribution in [-0.2, 0) is 11.3 Å². The number of aryl methyl sites for hydroxylation is 1. The number of anilines is 1. The number of hydrogen-bond donors (Lipinski definition) is 2. The van der Waals surface area contributed by atoms with E-state index in [1.54, 1.807) is 0 Å². The Morgan fingerprint density at radius 3 is 2.21 bits per heavy atom. The summed E-state index contributed by atoms with van der Waals surface area (Å²) >= 11 is 0. The van der Waals surface area contributed by atoms with E-state index >= 15 is 0 Å². The molecule has 2 rings (SSSR count). The summed E-state index contributed by atoms with van der Waals surface area (Å²) < 4.78 is 2.10. The van der Waals surface area contributed by atoms with Crippen molar-refractivity contribution in [1.82, 2.24) is 5.32 Å². The SMILES string of the molecule is CCN(CC)c1ccc(C=Cc2cc[n+](CCCC(=O)NCCN)cc2)cc1. The number of hydrogen-bond acceptors (Lipinski definition) is 3. The standard InChI is InChI=1S/C23H32N4O/c1-3-27(4-2)22-11-9-20(10-12-22)7-8-21-13-18-26(19-14-21)17-5-6-23(28)25-16-15-24/h7-14,18-19H,3-6,15-17,24H2,1-2H3/p+1. The van der Waals surface area contributed by atoms with Gasteiger partial charge in [-0.25, -0.2) is 4.57 Å². The van der Waals surface area contributed by atoms with Crippen molar-refractivity contribution in [3.05, 3.63) is 59.9 Å². The van der Waals surface area contributed by atoms with Gasteiger partial charge in [0.2, 0.25) is 5.91 Å². The monoisotopic (exact) mass is 381 g/mol. The fraction of sp³-hybridized carbons (Fsp3) is 0.391. The van der Waals surface area contributed by atoms with Crippen LogP contribution in [0.5, 0.6) is 0 Å². The molecule has 0 aliphatic carbocycles. The molecule has 150 valence electrons. The van der Waals surface area contributed by atoms with Crippen LogP contribution in [0.25, 0.3) is 12.2 Å². The second-order valence-corrected chi connectivity index (χ2v) is 6.71. The Morgan fingerprint density at radius 2 is 1.64 bits per heavy atom. The Balaban J connectivity index is 1.84. The van der Waals surface area contributed by atoms with Gasteiger partial charge in [0.15, 0.2) is 12.4 Å². The smallest absolute Gasteiger partial charge is 0.220 e. The number of benzene rings is 1. The van der Waals surface area contributed by atoms with Crippen molar-refractivity contribution in [3.63, 3.8) is 0 Å². The minimum Gasteiger partial charge on any atom is -0.372 e. The molecule has 0 bridgehead atoms. The molecule has 28 heavy (non-hydrogen) atoms. The van der Waals surface area contributed by atoms with E-state index < -0.39 is 0 Å². The van der Waals surface area contributed by atoms with E-state index in [2.05, 4.69) is 89.6 Å². The van der Waals surface area contributed by atoms with E-state index in [-0.39, 0.29) is 5.91 Å². The van der Waals surface area contributed by atoms with Crippen LogP contribution in [0.3, 0.4) is 0 Å². The van der Waals surface area contributed by atoms with Gasteiger partial charge in [0.1, 0.15) is 6.54 Å². The van der Waals surface area contributed by atoms with E-state index in [0.717, 1.165) is 31.6 Å². The van der Waals surface area contributed by atoms with Crippen molar-refractivity contribution in [3.8, 4) is 0 Å². The summed E-state index contributed by atoms with van der Waals surface area (Å²) in [6.07, 6.45) is 9.71. The number of carbonyl (C=O) groups excluding carboxylic acids is 1. The van der Waals surface area contributed by atoms with Crippen LogP contribution in [0.15, 0.2) is 48.8 Å². The Labute approximate surface area is 168 Å². The first-order valence-corrected chi connectivity index (χ1v) is 10.1. The molecule has 0 spiro atoms. The van der Waals surface area contributed by atoms with Crippen molar-refractivity contribution in [2.75, 3.05) is 31.1 Å². The highest BCUT2D eigenvalue weighted by Gasteiger charge is 2.04. The van der Waals surface area contributed by atoms with Gasteiger partial charge in [0, 0.05) is 56.8 Å². The number of rotatable bonds is 11. The van der Waals surface area contributed by atoms with Gasteiger partial charge < -0.3 is 16.0 Å². The van der Waals surface area contributed by atoms with Crippen LogP contribution in [0.2, 0.25) is 0 Å². The third kappa shape index (κ3) is 7.16. The van der Waals surface area contributed by atoms with Gasteiger partial charge >= 0.3 is 0 Å². The normalized spacial score (nSPS) is 11.0. The molecule has 3 N–H and O–H groups in total. The summed E-state index contributed by atoms with van der Waals surface area (Å²) in [7, 11) is 0. The molecule has 1 amide bonds. The lowest BCUT2D eigenvalue weighted by molar-refractivity contribution is -0.697. The number of nitrogens with zero attached hydrogens (tertiary/aromatic N) is 2. The molecular formula is C23H33N4O+. The van der Waals surface area contributed by atoms with Crippen LogP contribution in [-0.4, -0.2) is 32.1 Å². The minimum atomic E-state index is 0.0672. The lowest BCUT2D eigenvalue weighted by Crippen LogP contribution is -2.34. The van der Waals surface area contributed by atoms with Gasteiger partial charge in [0.05, 0.1) is 0 Å². The molecule has 0 aliphatic heterocycles. The summed E-state index contributed by atoms with van der Waals surface area (Å²) in [5.41, 5.74) is 8.99. The molecule has 0 atom stereocenters. The third-order valence-corrected chi connectivity index (χ3v) is 4.69. The van der Waals surface area contributed by atoms with E-state index in [9.17, 15) is 4.79 Å². The minimum absolute atomic E-state index is 0.0672. The second-order valence-electron chi connectivity index (χ2n) is 6.71. The van der Waals surface area contributed by atoms with Gasteiger partial charge in [-0.15, -0.1) is 0 Å². The molecule has 0 saturated carbocycles.